The van der Waals surface area contributed by atoms with Crippen LogP contribution in [0.3, 0.4) is 0 Å². The summed E-state index contributed by atoms with van der Waals surface area (Å²) in [7, 11) is -0.868. The van der Waals surface area contributed by atoms with E-state index >= 15 is 0 Å². The van der Waals surface area contributed by atoms with Crippen molar-refractivity contribution in [3.63, 3.8) is 0 Å². The smallest absolute Gasteiger partial charge is 0.204 e. The van der Waals surface area contributed by atoms with Gasteiger partial charge in [-0.15, -0.1) is 10.2 Å². The number of aliphatic hydroxyl groups excluding tert-OH is 1. The van der Waals surface area contributed by atoms with Crippen molar-refractivity contribution < 1.29 is 27.4 Å². The number of aryl methyl sites for hydroxylation is 1. The minimum atomic E-state index is -3.86. The van der Waals surface area contributed by atoms with E-state index in [4.69, 9.17) is 13.9 Å². The molecule has 184 valence electrons. The molecule has 1 atom stereocenters. The van der Waals surface area contributed by atoms with E-state index in [1.54, 1.807) is 49.4 Å². The predicted molar refractivity (Wildman–Crippen MR) is 131 cm³/mol. The number of aromatic nitrogens is 4. The second-order valence-corrected chi connectivity index (χ2v) is 10.7. The van der Waals surface area contributed by atoms with Crippen LogP contribution >= 0.6 is 15.9 Å². The minimum absolute atomic E-state index is 0.104. The van der Waals surface area contributed by atoms with Crippen LogP contribution in [0.1, 0.15) is 23.4 Å². The molecular weight excluding hydrogens is 540 g/mol. The number of para-hydroxylation sites is 1. The number of ether oxygens (including phenoxy) is 2. The molecule has 4 rings (SSSR count). The molecule has 12 heteroatoms. The molecule has 0 aliphatic rings. The first kappa shape index (κ1) is 24.9. The first-order valence-electron chi connectivity index (χ1n) is 10.4. The first-order valence-corrected chi connectivity index (χ1v) is 13.1. The van der Waals surface area contributed by atoms with Crippen molar-refractivity contribution in [2.24, 2.45) is 0 Å². The van der Waals surface area contributed by atoms with Crippen LogP contribution in [0.2, 0.25) is 0 Å². The standard InChI is InChI=1S/C23H23BrN4O6S/c1-14-7-10-20(34-14)23-27-26-21(28(23)22-18(32-2)5-4-6-19(22)33-3)13-35(30,31)12-17(29)16-9-8-15(24)11-25-16/h4-11,17,29H,12-13H2,1-3H3/t17-/m0/s1. The van der Waals surface area contributed by atoms with Crippen molar-refractivity contribution in [1.29, 1.82) is 0 Å². The van der Waals surface area contributed by atoms with E-state index in [-0.39, 0.29) is 17.3 Å². The maximum Gasteiger partial charge on any atom is 0.204 e. The zero-order valence-corrected chi connectivity index (χ0v) is 21.6. The molecule has 3 aromatic heterocycles. The lowest BCUT2D eigenvalue weighted by molar-refractivity contribution is 0.196. The Morgan fingerprint density at radius 2 is 1.80 bits per heavy atom. The number of furan rings is 1. The van der Waals surface area contributed by atoms with Crippen molar-refractivity contribution in [3.05, 3.63) is 70.4 Å². The summed E-state index contributed by atoms with van der Waals surface area (Å²) in [5.41, 5.74) is 0.670. The van der Waals surface area contributed by atoms with Gasteiger partial charge in [-0.2, -0.15) is 0 Å². The van der Waals surface area contributed by atoms with Crippen LogP contribution in [-0.4, -0.2) is 53.2 Å². The third-order valence-electron chi connectivity index (χ3n) is 5.17. The van der Waals surface area contributed by atoms with Gasteiger partial charge in [-0.1, -0.05) is 6.07 Å². The molecule has 0 unspecified atom stereocenters. The average Bonchev–Trinajstić information content (AvgIpc) is 3.43. The highest BCUT2D eigenvalue weighted by Crippen LogP contribution is 2.37. The molecule has 3 heterocycles. The Labute approximate surface area is 210 Å². The highest BCUT2D eigenvalue weighted by molar-refractivity contribution is 9.10. The van der Waals surface area contributed by atoms with Gasteiger partial charge >= 0.3 is 0 Å². The predicted octanol–water partition coefficient (Wildman–Crippen LogP) is 3.66. The van der Waals surface area contributed by atoms with Gasteiger partial charge in [0, 0.05) is 10.7 Å². The summed E-state index contributed by atoms with van der Waals surface area (Å²) in [6, 6.07) is 11.9. The molecule has 4 aromatic rings. The topological polar surface area (TPSA) is 130 Å². The lowest BCUT2D eigenvalue weighted by Crippen LogP contribution is -2.19. The second-order valence-electron chi connectivity index (χ2n) is 7.67. The minimum Gasteiger partial charge on any atom is -0.494 e. The molecule has 1 N–H and O–H groups in total. The first-order chi connectivity index (χ1) is 16.7. The summed E-state index contributed by atoms with van der Waals surface area (Å²) in [5.74, 6) is 1.22. The molecule has 1 aromatic carbocycles. The van der Waals surface area contributed by atoms with Crippen LogP contribution < -0.4 is 9.47 Å². The van der Waals surface area contributed by atoms with Gasteiger partial charge in [-0.3, -0.25) is 9.55 Å². The van der Waals surface area contributed by atoms with Crippen LogP contribution in [0.25, 0.3) is 17.3 Å². The zero-order valence-electron chi connectivity index (χ0n) is 19.2. The number of aliphatic hydroxyl groups is 1. The van der Waals surface area contributed by atoms with Crippen LogP contribution in [-0.2, 0) is 15.6 Å². The summed E-state index contributed by atoms with van der Waals surface area (Å²) >= 11 is 3.27. The highest BCUT2D eigenvalue weighted by atomic mass is 79.9. The maximum atomic E-state index is 13.1. The number of pyridine rings is 1. The molecule has 0 amide bonds. The Bertz CT molecular complexity index is 1410. The SMILES string of the molecule is COc1cccc(OC)c1-n1c(CS(=O)(=O)C[C@H](O)c2ccc(Br)cn2)nnc1-c1ccc(C)o1. The summed E-state index contributed by atoms with van der Waals surface area (Å²) < 4.78 is 45.3. The van der Waals surface area contributed by atoms with Gasteiger partial charge in [0.1, 0.15) is 34.8 Å². The Hall–Kier alpha value is -3.22. The molecule has 0 spiro atoms. The van der Waals surface area contributed by atoms with Crippen molar-refractivity contribution in [3.8, 4) is 28.8 Å². The van der Waals surface area contributed by atoms with Crippen LogP contribution in [0.15, 0.2) is 57.6 Å². The molecule has 0 saturated heterocycles. The number of hydrogen-bond donors (Lipinski definition) is 1. The molecule has 0 bridgehead atoms. The van der Waals surface area contributed by atoms with E-state index in [1.807, 2.05) is 0 Å². The van der Waals surface area contributed by atoms with Gasteiger partial charge in [0.15, 0.2) is 21.4 Å². The monoisotopic (exact) mass is 562 g/mol. The van der Waals surface area contributed by atoms with Gasteiger partial charge in [-0.05, 0) is 59.3 Å². The van der Waals surface area contributed by atoms with E-state index in [0.717, 1.165) is 4.47 Å². The number of nitrogens with zero attached hydrogens (tertiary/aromatic N) is 4. The normalized spacial score (nSPS) is 12.5. The number of halogens is 1. The van der Waals surface area contributed by atoms with Gasteiger partial charge in [0.05, 0.1) is 25.7 Å². The quantitative estimate of drug-likeness (QED) is 0.324. The third-order valence-corrected chi connectivity index (χ3v) is 7.16. The Balaban J connectivity index is 1.77. The molecule has 0 fully saturated rings. The maximum absolute atomic E-state index is 13.1. The van der Waals surface area contributed by atoms with Crippen molar-refractivity contribution in [2.45, 2.75) is 18.8 Å². The highest BCUT2D eigenvalue weighted by Gasteiger charge is 2.28. The zero-order chi connectivity index (χ0) is 25.2. The third kappa shape index (κ3) is 5.39. The van der Waals surface area contributed by atoms with Crippen molar-refractivity contribution >= 4 is 25.8 Å². The average molecular weight is 563 g/mol. The number of hydrogen-bond acceptors (Lipinski definition) is 9. The number of sulfone groups is 1. The number of benzene rings is 1. The fourth-order valence-electron chi connectivity index (χ4n) is 3.58. The van der Waals surface area contributed by atoms with E-state index in [9.17, 15) is 13.5 Å². The van der Waals surface area contributed by atoms with Gasteiger partial charge in [0.2, 0.25) is 5.82 Å². The van der Waals surface area contributed by atoms with Crippen molar-refractivity contribution in [1.82, 2.24) is 19.7 Å². The summed E-state index contributed by atoms with van der Waals surface area (Å²) in [4.78, 5) is 4.09. The largest absolute Gasteiger partial charge is 0.494 e. The second kappa shape index (κ2) is 10.2. The molecule has 35 heavy (non-hydrogen) atoms. The Kier molecular flexibility index (Phi) is 7.24. The summed E-state index contributed by atoms with van der Waals surface area (Å²) in [6.07, 6.45) is 0.186. The fourth-order valence-corrected chi connectivity index (χ4v) is 5.16. The summed E-state index contributed by atoms with van der Waals surface area (Å²) in [5, 5.41) is 18.9. The molecular formula is C23H23BrN4O6S. The summed E-state index contributed by atoms with van der Waals surface area (Å²) in [6.45, 7) is 1.79. The lowest BCUT2D eigenvalue weighted by atomic mass is 10.2. The van der Waals surface area contributed by atoms with Gasteiger partial charge < -0.3 is 19.0 Å². The van der Waals surface area contributed by atoms with Gasteiger partial charge in [-0.25, -0.2) is 8.42 Å². The van der Waals surface area contributed by atoms with E-state index < -0.39 is 27.4 Å². The molecule has 0 aliphatic carbocycles. The number of methoxy groups -OCH3 is 2. The molecule has 0 aliphatic heterocycles. The Morgan fingerprint density at radius 1 is 1.09 bits per heavy atom. The van der Waals surface area contributed by atoms with Crippen LogP contribution in [0.4, 0.5) is 0 Å². The van der Waals surface area contributed by atoms with E-state index in [1.165, 1.54) is 25.0 Å². The van der Waals surface area contributed by atoms with E-state index in [0.29, 0.717) is 28.7 Å². The molecule has 0 saturated carbocycles. The lowest BCUT2D eigenvalue weighted by Gasteiger charge is -2.17. The van der Waals surface area contributed by atoms with Crippen molar-refractivity contribution in [2.75, 3.05) is 20.0 Å². The van der Waals surface area contributed by atoms with Crippen LogP contribution in [0.5, 0.6) is 11.5 Å². The fraction of sp³-hybridized carbons (Fsp3) is 0.261. The van der Waals surface area contributed by atoms with E-state index in [2.05, 4.69) is 31.1 Å². The van der Waals surface area contributed by atoms with Crippen LogP contribution in [0, 0.1) is 6.92 Å². The van der Waals surface area contributed by atoms with Gasteiger partial charge in [0.25, 0.3) is 0 Å². The Morgan fingerprint density at radius 3 is 2.37 bits per heavy atom. The molecule has 0 radical (unpaired) electrons. The number of rotatable bonds is 9. The molecule has 10 nitrogen and oxygen atoms in total.